The van der Waals surface area contributed by atoms with Crippen LogP contribution in [0.3, 0.4) is 0 Å². The maximum atomic E-state index is 8.99. The van der Waals surface area contributed by atoms with Gasteiger partial charge in [-0.2, -0.15) is 0 Å². The molecule has 0 rings (SSSR count). The molecule has 0 saturated carbocycles. The highest BCUT2D eigenvalue weighted by Gasteiger charge is 2.14. The third kappa shape index (κ3) is 7.67. The highest BCUT2D eigenvalue weighted by molar-refractivity contribution is 4.83. The molecular formula is C16H30O2. The van der Waals surface area contributed by atoms with Crippen molar-refractivity contribution in [3.63, 3.8) is 0 Å². The van der Waals surface area contributed by atoms with Gasteiger partial charge in [0, 0.05) is 13.2 Å². The van der Waals surface area contributed by atoms with E-state index in [1.54, 1.807) is 0 Å². The highest BCUT2D eigenvalue weighted by atomic mass is 16.3. The fourth-order valence-electron chi connectivity index (χ4n) is 2.41. The smallest absolute Gasteiger partial charge is 0.0436 e. The van der Waals surface area contributed by atoms with Crippen LogP contribution >= 0.6 is 0 Å². The van der Waals surface area contributed by atoms with E-state index in [0.29, 0.717) is 17.8 Å². The van der Waals surface area contributed by atoms with Gasteiger partial charge in [0.2, 0.25) is 0 Å². The lowest BCUT2D eigenvalue weighted by atomic mass is 9.85. The molecule has 0 amide bonds. The first-order valence-electron chi connectivity index (χ1n) is 7.18. The maximum Gasteiger partial charge on any atom is 0.0436 e. The van der Waals surface area contributed by atoms with Gasteiger partial charge in [0.15, 0.2) is 0 Å². The normalized spacial score (nSPS) is 15.9. The van der Waals surface area contributed by atoms with E-state index < -0.39 is 0 Å². The molecule has 0 aliphatic heterocycles. The molecule has 0 spiro atoms. The predicted octanol–water partition coefficient (Wildman–Crippen LogP) is 3.55. The van der Waals surface area contributed by atoms with Crippen LogP contribution in [0, 0.1) is 17.8 Å². The standard InChI is InChI=1S/C16H30O2/c1-4-14(9-11-17)7-8-15(5-2)13-16(6-3)10-12-18/h4,6,14-18H,1,3,5,7-13H2,2H3. The van der Waals surface area contributed by atoms with Crippen molar-refractivity contribution >= 4 is 0 Å². The van der Waals surface area contributed by atoms with Crippen molar-refractivity contribution in [1.29, 1.82) is 0 Å². The molecule has 0 aromatic heterocycles. The number of rotatable bonds is 12. The monoisotopic (exact) mass is 254 g/mol. The summed E-state index contributed by atoms with van der Waals surface area (Å²) in [5.74, 6) is 1.55. The number of aliphatic hydroxyl groups excluding tert-OH is 2. The second-order valence-corrected chi connectivity index (χ2v) is 5.10. The van der Waals surface area contributed by atoms with Crippen molar-refractivity contribution in [3.05, 3.63) is 25.3 Å². The third-order valence-corrected chi connectivity index (χ3v) is 3.83. The zero-order valence-electron chi connectivity index (χ0n) is 11.9. The van der Waals surface area contributed by atoms with Crippen LogP contribution in [0.2, 0.25) is 0 Å². The zero-order chi connectivity index (χ0) is 13.8. The molecule has 0 radical (unpaired) electrons. The van der Waals surface area contributed by atoms with Gasteiger partial charge in [0.25, 0.3) is 0 Å². The summed E-state index contributed by atoms with van der Waals surface area (Å²) in [6.07, 6.45) is 10.1. The zero-order valence-corrected chi connectivity index (χ0v) is 11.9. The van der Waals surface area contributed by atoms with Crippen LogP contribution in [0.1, 0.15) is 45.4 Å². The summed E-state index contributed by atoms with van der Waals surface area (Å²) in [7, 11) is 0. The van der Waals surface area contributed by atoms with Gasteiger partial charge in [-0.05, 0) is 49.9 Å². The fourth-order valence-corrected chi connectivity index (χ4v) is 2.41. The van der Waals surface area contributed by atoms with Crippen molar-refractivity contribution in [2.45, 2.75) is 45.4 Å². The van der Waals surface area contributed by atoms with E-state index in [2.05, 4.69) is 20.1 Å². The molecule has 0 aliphatic rings. The Morgan fingerprint density at radius 2 is 1.44 bits per heavy atom. The Labute approximate surface area is 112 Å². The van der Waals surface area contributed by atoms with Gasteiger partial charge in [0.1, 0.15) is 0 Å². The van der Waals surface area contributed by atoms with Gasteiger partial charge < -0.3 is 10.2 Å². The second kappa shape index (κ2) is 11.5. The molecule has 0 fully saturated rings. The van der Waals surface area contributed by atoms with Crippen LogP contribution < -0.4 is 0 Å². The molecule has 2 N–H and O–H groups in total. The molecule has 0 bridgehead atoms. The summed E-state index contributed by atoms with van der Waals surface area (Å²) in [4.78, 5) is 0. The lowest BCUT2D eigenvalue weighted by Gasteiger charge is -2.21. The van der Waals surface area contributed by atoms with Crippen LogP contribution in [0.4, 0.5) is 0 Å². The maximum absolute atomic E-state index is 8.99. The second-order valence-electron chi connectivity index (χ2n) is 5.10. The molecule has 0 aromatic carbocycles. The van der Waals surface area contributed by atoms with Crippen molar-refractivity contribution in [3.8, 4) is 0 Å². The van der Waals surface area contributed by atoms with Crippen molar-refractivity contribution in [2.75, 3.05) is 13.2 Å². The lowest BCUT2D eigenvalue weighted by molar-refractivity contribution is 0.243. The Bertz CT molecular complexity index is 213. The Kier molecular flexibility index (Phi) is 11.1. The summed E-state index contributed by atoms with van der Waals surface area (Å²) in [5.41, 5.74) is 0. The molecule has 106 valence electrons. The van der Waals surface area contributed by atoms with Gasteiger partial charge in [-0.3, -0.25) is 0 Å². The van der Waals surface area contributed by atoms with Crippen molar-refractivity contribution in [2.24, 2.45) is 17.8 Å². The number of hydrogen-bond donors (Lipinski definition) is 2. The topological polar surface area (TPSA) is 40.5 Å². The summed E-state index contributed by atoms with van der Waals surface area (Å²) >= 11 is 0. The van der Waals surface area contributed by atoms with Gasteiger partial charge in [0.05, 0.1) is 0 Å². The Morgan fingerprint density at radius 3 is 1.89 bits per heavy atom. The first-order valence-corrected chi connectivity index (χ1v) is 7.18. The predicted molar refractivity (Wildman–Crippen MR) is 78.4 cm³/mol. The number of allylic oxidation sites excluding steroid dienone is 2. The Morgan fingerprint density at radius 1 is 0.889 bits per heavy atom. The van der Waals surface area contributed by atoms with Crippen LogP contribution in [0.5, 0.6) is 0 Å². The van der Waals surface area contributed by atoms with E-state index in [0.717, 1.165) is 25.7 Å². The summed E-state index contributed by atoms with van der Waals surface area (Å²) < 4.78 is 0. The van der Waals surface area contributed by atoms with E-state index >= 15 is 0 Å². The van der Waals surface area contributed by atoms with E-state index in [-0.39, 0.29) is 13.2 Å². The molecule has 2 heteroatoms. The molecule has 0 aliphatic carbocycles. The van der Waals surface area contributed by atoms with Gasteiger partial charge in [-0.25, -0.2) is 0 Å². The molecule has 0 heterocycles. The minimum absolute atomic E-state index is 0.243. The summed E-state index contributed by atoms with van der Waals surface area (Å²) in [5, 5.41) is 17.9. The molecule has 2 nitrogen and oxygen atoms in total. The quantitative estimate of drug-likeness (QED) is 0.523. The Balaban J connectivity index is 4.08. The van der Waals surface area contributed by atoms with E-state index in [4.69, 9.17) is 10.2 Å². The number of aliphatic hydroxyl groups is 2. The van der Waals surface area contributed by atoms with E-state index in [1.165, 1.54) is 12.8 Å². The van der Waals surface area contributed by atoms with Gasteiger partial charge in [-0.1, -0.05) is 25.5 Å². The summed E-state index contributed by atoms with van der Waals surface area (Å²) in [6.45, 7) is 10.4. The first-order chi connectivity index (χ1) is 8.71. The molecule has 0 aromatic rings. The van der Waals surface area contributed by atoms with Crippen LogP contribution in [-0.2, 0) is 0 Å². The van der Waals surface area contributed by atoms with Gasteiger partial charge in [-0.15, -0.1) is 13.2 Å². The van der Waals surface area contributed by atoms with Crippen LogP contribution in [0.15, 0.2) is 25.3 Å². The first kappa shape index (κ1) is 17.4. The molecule has 18 heavy (non-hydrogen) atoms. The van der Waals surface area contributed by atoms with Crippen LogP contribution in [-0.4, -0.2) is 23.4 Å². The van der Waals surface area contributed by atoms with Crippen LogP contribution in [0.25, 0.3) is 0 Å². The highest BCUT2D eigenvalue weighted by Crippen LogP contribution is 2.26. The van der Waals surface area contributed by atoms with Crippen molar-refractivity contribution < 1.29 is 10.2 Å². The number of hydrogen-bond acceptors (Lipinski definition) is 2. The Hall–Kier alpha value is -0.600. The summed E-state index contributed by atoms with van der Waals surface area (Å²) in [6, 6.07) is 0. The lowest BCUT2D eigenvalue weighted by Crippen LogP contribution is -2.10. The largest absolute Gasteiger partial charge is 0.396 e. The molecule has 3 atom stereocenters. The van der Waals surface area contributed by atoms with E-state index in [9.17, 15) is 0 Å². The SMILES string of the molecule is C=CC(CCO)CCC(CC)CC(C=C)CCO. The third-order valence-electron chi connectivity index (χ3n) is 3.83. The fraction of sp³-hybridized carbons (Fsp3) is 0.750. The van der Waals surface area contributed by atoms with Crippen molar-refractivity contribution in [1.82, 2.24) is 0 Å². The minimum atomic E-state index is 0.243. The average molecular weight is 254 g/mol. The molecular weight excluding hydrogens is 224 g/mol. The average Bonchev–Trinajstić information content (AvgIpc) is 2.40. The van der Waals surface area contributed by atoms with Gasteiger partial charge >= 0.3 is 0 Å². The van der Waals surface area contributed by atoms with E-state index in [1.807, 2.05) is 12.2 Å². The minimum Gasteiger partial charge on any atom is -0.396 e. The molecule has 3 unspecified atom stereocenters. The molecule has 0 saturated heterocycles.